The third kappa shape index (κ3) is 2.92. The Kier molecular flexibility index (Phi) is 4.32. The minimum Gasteiger partial charge on any atom is -0.495 e. The molecule has 2 aromatic rings. The molecule has 2 aliphatic rings. The molecule has 6 heteroatoms. The largest absolute Gasteiger partial charge is 0.495 e. The summed E-state index contributed by atoms with van der Waals surface area (Å²) in [6, 6.07) is 11.5. The Bertz CT molecular complexity index is 897. The quantitative estimate of drug-likeness (QED) is 0.889. The lowest BCUT2D eigenvalue weighted by molar-refractivity contribution is -0.117. The lowest BCUT2D eigenvalue weighted by atomic mass is 9.84. The van der Waals surface area contributed by atoms with Crippen LogP contribution in [0.2, 0.25) is 5.02 Å². The molecule has 2 aliphatic heterocycles. The second-order valence-electron chi connectivity index (χ2n) is 6.62. The van der Waals surface area contributed by atoms with Crippen LogP contribution < -0.4 is 15.0 Å². The fourth-order valence-electron chi connectivity index (χ4n) is 3.74. The molecule has 0 spiro atoms. The minimum atomic E-state index is -0.0783. The van der Waals surface area contributed by atoms with Gasteiger partial charge in [0.1, 0.15) is 5.75 Å². The molecule has 2 amide bonds. The Labute approximate surface area is 156 Å². The SMILES string of the molecule is COc1ccc(C2CC(=O)Nc3cc(N4CCCC4=O)ccc32)cc1Cl. The third-order valence-corrected chi connectivity index (χ3v) is 5.33. The van der Waals surface area contributed by atoms with Gasteiger partial charge in [-0.05, 0) is 41.8 Å². The summed E-state index contributed by atoms with van der Waals surface area (Å²) in [6.07, 6.45) is 1.81. The second-order valence-corrected chi connectivity index (χ2v) is 7.03. The zero-order chi connectivity index (χ0) is 18.3. The molecular formula is C20H19ClN2O3. The first kappa shape index (κ1) is 16.9. The monoisotopic (exact) mass is 370 g/mol. The topological polar surface area (TPSA) is 58.6 Å². The fourth-order valence-corrected chi connectivity index (χ4v) is 4.00. The first-order valence-corrected chi connectivity index (χ1v) is 9.02. The number of nitrogens with one attached hydrogen (secondary N) is 1. The van der Waals surface area contributed by atoms with Gasteiger partial charge < -0.3 is 15.0 Å². The van der Waals surface area contributed by atoms with Crippen LogP contribution >= 0.6 is 11.6 Å². The van der Waals surface area contributed by atoms with Crippen LogP contribution in [0.15, 0.2) is 36.4 Å². The Morgan fingerprint density at radius 3 is 2.73 bits per heavy atom. The average Bonchev–Trinajstić information content (AvgIpc) is 3.06. The number of carbonyl (C=O) groups is 2. The molecular weight excluding hydrogens is 352 g/mol. The normalized spacial score (nSPS) is 19.3. The molecule has 0 aromatic heterocycles. The van der Waals surface area contributed by atoms with Gasteiger partial charge in [0.2, 0.25) is 11.8 Å². The zero-order valence-corrected chi connectivity index (χ0v) is 15.2. The average molecular weight is 371 g/mol. The van der Waals surface area contributed by atoms with Crippen LogP contribution in [0.5, 0.6) is 5.75 Å². The van der Waals surface area contributed by atoms with E-state index in [0.29, 0.717) is 23.6 Å². The van der Waals surface area contributed by atoms with E-state index in [-0.39, 0.29) is 17.7 Å². The standard InChI is InChI=1S/C20H19ClN2O3/c1-26-18-7-4-12(9-16(18)21)15-11-19(24)22-17-10-13(5-6-14(15)17)23-8-2-3-20(23)25/h4-7,9-10,15H,2-3,8,11H2,1H3,(H,22,24). The van der Waals surface area contributed by atoms with Crippen molar-refractivity contribution in [2.45, 2.75) is 25.2 Å². The molecule has 1 atom stereocenters. The summed E-state index contributed by atoms with van der Waals surface area (Å²) >= 11 is 6.27. The number of ether oxygens (including phenoxy) is 1. The highest BCUT2D eigenvalue weighted by Crippen LogP contribution is 2.41. The number of amides is 2. The van der Waals surface area contributed by atoms with Crippen LogP contribution in [0.3, 0.4) is 0 Å². The van der Waals surface area contributed by atoms with E-state index in [0.717, 1.165) is 35.5 Å². The highest BCUT2D eigenvalue weighted by atomic mass is 35.5. The van der Waals surface area contributed by atoms with Crippen molar-refractivity contribution in [3.63, 3.8) is 0 Å². The molecule has 0 aliphatic carbocycles. The number of benzene rings is 2. The lowest BCUT2D eigenvalue weighted by Gasteiger charge is -2.28. The van der Waals surface area contributed by atoms with E-state index < -0.39 is 0 Å². The van der Waals surface area contributed by atoms with Crippen molar-refractivity contribution < 1.29 is 14.3 Å². The van der Waals surface area contributed by atoms with Gasteiger partial charge in [-0.2, -0.15) is 0 Å². The molecule has 2 aromatic carbocycles. The van der Waals surface area contributed by atoms with Gasteiger partial charge in [-0.1, -0.05) is 23.7 Å². The number of hydrogen-bond donors (Lipinski definition) is 1. The predicted octanol–water partition coefficient (Wildman–Crippen LogP) is 3.95. The molecule has 4 rings (SSSR count). The van der Waals surface area contributed by atoms with Crippen LogP contribution in [0.1, 0.15) is 36.3 Å². The van der Waals surface area contributed by atoms with Crippen molar-refractivity contribution >= 4 is 34.8 Å². The second kappa shape index (κ2) is 6.65. The van der Waals surface area contributed by atoms with E-state index in [2.05, 4.69) is 5.32 Å². The maximum atomic E-state index is 12.3. The molecule has 1 fully saturated rings. The summed E-state index contributed by atoms with van der Waals surface area (Å²) < 4.78 is 5.21. The maximum absolute atomic E-state index is 12.3. The van der Waals surface area contributed by atoms with E-state index >= 15 is 0 Å². The van der Waals surface area contributed by atoms with Gasteiger partial charge in [0.05, 0.1) is 12.1 Å². The van der Waals surface area contributed by atoms with Crippen molar-refractivity contribution in [2.24, 2.45) is 0 Å². The third-order valence-electron chi connectivity index (χ3n) is 5.04. The van der Waals surface area contributed by atoms with Crippen LogP contribution in [-0.4, -0.2) is 25.5 Å². The number of nitrogens with zero attached hydrogens (tertiary/aromatic N) is 1. The number of rotatable bonds is 3. The van der Waals surface area contributed by atoms with E-state index in [1.165, 1.54) is 0 Å². The molecule has 0 saturated carbocycles. The summed E-state index contributed by atoms with van der Waals surface area (Å²) in [7, 11) is 1.57. The van der Waals surface area contributed by atoms with Crippen molar-refractivity contribution in [3.8, 4) is 5.75 Å². The van der Waals surface area contributed by atoms with Crippen LogP contribution in [-0.2, 0) is 9.59 Å². The first-order chi connectivity index (χ1) is 12.6. The maximum Gasteiger partial charge on any atom is 0.227 e. The van der Waals surface area contributed by atoms with Crippen LogP contribution in [0.25, 0.3) is 0 Å². The molecule has 1 N–H and O–H groups in total. The smallest absolute Gasteiger partial charge is 0.227 e. The minimum absolute atomic E-state index is 0.0423. The molecule has 5 nitrogen and oxygen atoms in total. The summed E-state index contributed by atoms with van der Waals surface area (Å²) in [4.78, 5) is 26.0. The van der Waals surface area contributed by atoms with Crippen LogP contribution in [0.4, 0.5) is 11.4 Å². The summed E-state index contributed by atoms with van der Waals surface area (Å²) in [6.45, 7) is 0.725. The molecule has 0 bridgehead atoms. The Morgan fingerprint density at radius 1 is 1.19 bits per heavy atom. The summed E-state index contributed by atoms with van der Waals surface area (Å²) in [5.41, 5.74) is 3.59. The first-order valence-electron chi connectivity index (χ1n) is 8.64. The van der Waals surface area contributed by atoms with Crippen LogP contribution in [0, 0.1) is 0 Å². The number of halogens is 1. The Morgan fingerprint density at radius 2 is 2.04 bits per heavy atom. The van der Waals surface area contributed by atoms with Gasteiger partial charge in [0.25, 0.3) is 0 Å². The number of anilines is 2. The number of carbonyl (C=O) groups excluding carboxylic acids is 2. The van der Waals surface area contributed by atoms with E-state index in [4.69, 9.17) is 16.3 Å². The zero-order valence-electron chi connectivity index (χ0n) is 14.4. The van der Waals surface area contributed by atoms with Gasteiger partial charge in [-0.15, -0.1) is 0 Å². The highest BCUT2D eigenvalue weighted by molar-refractivity contribution is 6.32. The van der Waals surface area contributed by atoms with E-state index in [1.54, 1.807) is 12.0 Å². The lowest BCUT2D eigenvalue weighted by Crippen LogP contribution is -2.26. The van der Waals surface area contributed by atoms with Crippen molar-refractivity contribution in [3.05, 3.63) is 52.5 Å². The van der Waals surface area contributed by atoms with Crippen molar-refractivity contribution in [1.29, 1.82) is 0 Å². The molecule has 1 unspecified atom stereocenters. The molecule has 26 heavy (non-hydrogen) atoms. The molecule has 0 radical (unpaired) electrons. The molecule has 1 saturated heterocycles. The van der Waals surface area contributed by atoms with E-state index in [1.807, 2.05) is 36.4 Å². The van der Waals surface area contributed by atoms with E-state index in [9.17, 15) is 9.59 Å². The van der Waals surface area contributed by atoms with Gasteiger partial charge in [0.15, 0.2) is 0 Å². The Balaban J connectivity index is 1.72. The molecule has 2 heterocycles. The van der Waals surface area contributed by atoms with Gasteiger partial charge in [-0.3, -0.25) is 9.59 Å². The predicted molar refractivity (Wildman–Crippen MR) is 101 cm³/mol. The van der Waals surface area contributed by atoms with Crippen molar-refractivity contribution in [2.75, 3.05) is 23.9 Å². The Hall–Kier alpha value is -2.53. The number of hydrogen-bond acceptors (Lipinski definition) is 3. The van der Waals surface area contributed by atoms with Crippen molar-refractivity contribution in [1.82, 2.24) is 0 Å². The van der Waals surface area contributed by atoms with Gasteiger partial charge >= 0.3 is 0 Å². The number of methoxy groups -OCH3 is 1. The summed E-state index contributed by atoms with van der Waals surface area (Å²) in [5.74, 6) is 0.620. The van der Waals surface area contributed by atoms with Gasteiger partial charge in [0, 0.05) is 36.7 Å². The van der Waals surface area contributed by atoms with Gasteiger partial charge in [-0.25, -0.2) is 0 Å². The number of fused-ring (bicyclic) bond motifs is 1. The molecule has 134 valence electrons. The summed E-state index contributed by atoms with van der Waals surface area (Å²) in [5, 5.41) is 3.47. The highest BCUT2D eigenvalue weighted by Gasteiger charge is 2.29. The fraction of sp³-hybridized carbons (Fsp3) is 0.300.